The van der Waals surface area contributed by atoms with Gasteiger partial charge in [-0.05, 0) is 62.4 Å². The highest BCUT2D eigenvalue weighted by molar-refractivity contribution is 7.66. The van der Waals surface area contributed by atoms with Crippen LogP contribution in [0.2, 0.25) is 0 Å². The van der Waals surface area contributed by atoms with Gasteiger partial charge in [0.15, 0.2) is 0 Å². The Labute approximate surface area is 127 Å². The van der Waals surface area contributed by atoms with Gasteiger partial charge in [-0.1, -0.05) is 35.9 Å². The van der Waals surface area contributed by atoms with Gasteiger partial charge in [-0.2, -0.15) is 0 Å². The number of hydrogen-bond donors (Lipinski definition) is 1. The molecule has 1 unspecified atom stereocenters. The van der Waals surface area contributed by atoms with Crippen LogP contribution < -0.4 is 5.30 Å². The lowest BCUT2D eigenvalue weighted by atomic mass is 9.96. The Hall–Kier alpha value is -1.37. The molecular weight excluding hydrogens is 279 g/mol. The molecule has 2 rings (SSSR count). The van der Waals surface area contributed by atoms with Crippen molar-refractivity contribution in [3.05, 3.63) is 64.7 Å². The van der Waals surface area contributed by atoms with E-state index in [1.54, 1.807) is 12.1 Å². The van der Waals surface area contributed by atoms with Gasteiger partial charge in [0.25, 0.3) is 0 Å². The molecule has 2 aromatic carbocycles. The maximum absolute atomic E-state index is 12.4. The molecule has 1 N–H and O–H groups in total. The van der Waals surface area contributed by atoms with Crippen molar-refractivity contribution in [3.63, 3.8) is 0 Å². The summed E-state index contributed by atoms with van der Waals surface area (Å²) in [5.41, 5.74) is 5.14. The van der Waals surface area contributed by atoms with Crippen LogP contribution in [0.3, 0.4) is 0 Å². The van der Waals surface area contributed by atoms with Crippen LogP contribution in [0.25, 0.3) is 0 Å². The van der Waals surface area contributed by atoms with Crippen molar-refractivity contribution in [3.8, 4) is 0 Å². The number of aryl methyl sites for hydroxylation is 3. The lowest BCUT2D eigenvalue weighted by Gasteiger charge is -2.14. The third-order valence-electron chi connectivity index (χ3n) is 3.89. The zero-order valence-corrected chi connectivity index (χ0v) is 13.9. The van der Waals surface area contributed by atoms with Crippen molar-refractivity contribution in [2.45, 2.75) is 33.6 Å². The average Bonchev–Trinajstić information content (AvgIpc) is 2.42. The van der Waals surface area contributed by atoms with Crippen LogP contribution in [-0.2, 0) is 11.0 Å². The van der Waals surface area contributed by atoms with Crippen LogP contribution in [0.4, 0.5) is 0 Å². The lowest BCUT2D eigenvalue weighted by molar-refractivity contribution is 0.487. The van der Waals surface area contributed by atoms with Crippen LogP contribution in [0, 0.1) is 20.8 Å². The number of benzene rings is 2. The minimum atomic E-state index is -3.22. The Morgan fingerprint density at radius 1 is 1.00 bits per heavy atom. The standard InChI is InChI=1S/C18H23O2P/c1-14-12-15(2)18(16(3)13-14)10-7-11-21(19,20)17-8-5-4-6-9-17/h4-6,8-9,12-13H,7,10-11H2,1-3H3,(H,19,20). The van der Waals surface area contributed by atoms with E-state index in [4.69, 9.17) is 0 Å². The van der Waals surface area contributed by atoms with E-state index >= 15 is 0 Å². The maximum Gasteiger partial charge on any atom is 0.229 e. The normalized spacial score (nSPS) is 13.9. The van der Waals surface area contributed by atoms with E-state index in [-0.39, 0.29) is 0 Å². The Bertz CT molecular complexity index is 639. The van der Waals surface area contributed by atoms with Crippen LogP contribution >= 0.6 is 7.37 Å². The smallest absolute Gasteiger partial charge is 0.229 e. The van der Waals surface area contributed by atoms with Crippen molar-refractivity contribution in [2.75, 3.05) is 6.16 Å². The van der Waals surface area contributed by atoms with Gasteiger partial charge in [-0.15, -0.1) is 0 Å². The van der Waals surface area contributed by atoms with E-state index in [0.29, 0.717) is 11.5 Å². The van der Waals surface area contributed by atoms with Crippen LogP contribution in [-0.4, -0.2) is 11.1 Å². The molecule has 0 saturated carbocycles. The maximum atomic E-state index is 12.4. The molecule has 0 amide bonds. The van der Waals surface area contributed by atoms with E-state index in [2.05, 4.69) is 32.9 Å². The van der Waals surface area contributed by atoms with E-state index in [0.717, 1.165) is 12.8 Å². The molecule has 0 saturated heterocycles. The third kappa shape index (κ3) is 4.06. The minimum absolute atomic E-state index is 0.337. The highest BCUT2D eigenvalue weighted by atomic mass is 31.2. The summed E-state index contributed by atoms with van der Waals surface area (Å²) >= 11 is 0. The summed E-state index contributed by atoms with van der Waals surface area (Å²) < 4.78 is 12.4. The first kappa shape index (κ1) is 16.0. The van der Waals surface area contributed by atoms with Crippen molar-refractivity contribution in [1.29, 1.82) is 0 Å². The molecule has 112 valence electrons. The van der Waals surface area contributed by atoms with Crippen LogP contribution in [0.15, 0.2) is 42.5 Å². The van der Waals surface area contributed by atoms with Gasteiger partial charge in [0.1, 0.15) is 0 Å². The van der Waals surface area contributed by atoms with E-state index in [1.165, 1.54) is 22.3 Å². The highest BCUT2D eigenvalue weighted by Gasteiger charge is 2.20. The summed E-state index contributed by atoms with van der Waals surface area (Å²) in [6.07, 6.45) is 1.92. The molecular formula is C18H23O2P. The molecule has 0 radical (unpaired) electrons. The first-order valence-corrected chi connectivity index (χ1v) is 9.19. The zero-order chi connectivity index (χ0) is 15.5. The molecule has 2 nitrogen and oxygen atoms in total. The Morgan fingerprint density at radius 2 is 1.57 bits per heavy atom. The minimum Gasteiger partial charge on any atom is -0.341 e. The average molecular weight is 302 g/mol. The summed E-state index contributed by atoms with van der Waals surface area (Å²) in [6.45, 7) is 6.33. The predicted molar refractivity (Wildman–Crippen MR) is 89.7 cm³/mol. The van der Waals surface area contributed by atoms with Gasteiger partial charge in [-0.25, -0.2) is 0 Å². The summed E-state index contributed by atoms with van der Waals surface area (Å²) in [6, 6.07) is 13.3. The van der Waals surface area contributed by atoms with Gasteiger partial charge in [0.2, 0.25) is 7.37 Å². The van der Waals surface area contributed by atoms with Gasteiger partial charge in [0, 0.05) is 11.5 Å². The van der Waals surface area contributed by atoms with Crippen molar-refractivity contribution in [1.82, 2.24) is 0 Å². The monoisotopic (exact) mass is 302 g/mol. The Kier molecular flexibility index (Phi) is 5.03. The van der Waals surface area contributed by atoms with Crippen molar-refractivity contribution >= 4 is 12.7 Å². The predicted octanol–water partition coefficient (Wildman–Crippen LogP) is 4.14. The summed E-state index contributed by atoms with van der Waals surface area (Å²) in [5, 5.41) is 0.558. The molecule has 21 heavy (non-hydrogen) atoms. The lowest BCUT2D eigenvalue weighted by Crippen LogP contribution is -2.07. The zero-order valence-electron chi connectivity index (χ0n) is 13.0. The van der Waals surface area contributed by atoms with Crippen molar-refractivity contribution in [2.24, 2.45) is 0 Å². The molecule has 0 bridgehead atoms. The largest absolute Gasteiger partial charge is 0.341 e. The molecule has 3 heteroatoms. The molecule has 0 aliphatic rings. The second-order valence-corrected chi connectivity index (χ2v) is 8.11. The molecule has 0 fully saturated rings. The second-order valence-electron chi connectivity index (χ2n) is 5.74. The first-order chi connectivity index (χ1) is 9.90. The SMILES string of the molecule is Cc1cc(C)c(CCCP(=O)(O)c2ccccc2)c(C)c1. The first-order valence-electron chi connectivity index (χ1n) is 7.34. The Morgan fingerprint density at radius 3 is 2.14 bits per heavy atom. The molecule has 1 atom stereocenters. The summed E-state index contributed by atoms with van der Waals surface area (Å²) in [5.74, 6) is 0. The quantitative estimate of drug-likeness (QED) is 0.843. The number of rotatable bonds is 5. The molecule has 0 aliphatic heterocycles. The third-order valence-corrected chi connectivity index (χ3v) is 5.92. The summed E-state index contributed by atoms with van der Waals surface area (Å²) in [4.78, 5) is 10.2. The second kappa shape index (κ2) is 6.60. The van der Waals surface area contributed by atoms with E-state index in [9.17, 15) is 9.46 Å². The fourth-order valence-electron chi connectivity index (χ4n) is 2.86. The van der Waals surface area contributed by atoms with E-state index < -0.39 is 7.37 Å². The van der Waals surface area contributed by atoms with Gasteiger partial charge in [-0.3, -0.25) is 4.57 Å². The Balaban J connectivity index is 2.04. The van der Waals surface area contributed by atoms with E-state index in [1.807, 2.05) is 18.2 Å². The van der Waals surface area contributed by atoms with Gasteiger partial charge in [0.05, 0.1) is 0 Å². The fraction of sp³-hybridized carbons (Fsp3) is 0.333. The fourth-order valence-corrected chi connectivity index (χ4v) is 4.35. The molecule has 0 aliphatic carbocycles. The van der Waals surface area contributed by atoms with Crippen LogP contribution in [0.5, 0.6) is 0 Å². The highest BCUT2D eigenvalue weighted by Crippen LogP contribution is 2.40. The molecule has 0 aromatic heterocycles. The van der Waals surface area contributed by atoms with Gasteiger partial charge < -0.3 is 4.89 Å². The molecule has 0 spiro atoms. The summed E-state index contributed by atoms with van der Waals surface area (Å²) in [7, 11) is -3.22. The topological polar surface area (TPSA) is 37.3 Å². The van der Waals surface area contributed by atoms with Gasteiger partial charge >= 0.3 is 0 Å². The number of hydrogen-bond acceptors (Lipinski definition) is 1. The molecule has 2 aromatic rings. The van der Waals surface area contributed by atoms with Crippen LogP contribution in [0.1, 0.15) is 28.7 Å². The van der Waals surface area contributed by atoms with Crippen molar-refractivity contribution < 1.29 is 9.46 Å². The molecule has 0 heterocycles.